The highest BCUT2D eigenvalue weighted by molar-refractivity contribution is 5.94. The highest BCUT2D eigenvalue weighted by atomic mass is 16.5. The van der Waals surface area contributed by atoms with Crippen molar-refractivity contribution in [3.8, 4) is 0 Å². The number of ether oxygens (including phenoxy) is 1. The van der Waals surface area contributed by atoms with E-state index in [0.29, 0.717) is 5.69 Å². The van der Waals surface area contributed by atoms with Crippen molar-refractivity contribution >= 4 is 34.2 Å². The molecule has 6 nitrogen and oxygen atoms in total. The number of carbonyl (C=O) groups is 3. The Balaban J connectivity index is 1.59. The molecule has 0 saturated heterocycles. The number of rotatable bonds is 6. The first-order valence-electron chi connectivity index (χ1n) is 9.26. The van der Waals surface area contributed by atoms with Crippen molar-refractivity contribution in [1.82, 2.24) is 5.32 Å². The van der Waals surface area contributed by atoms with Gasteiger partial charge < -0.3 is 15.4 Å². The van der Waals surface area contributed by atoms with Gasteiger partial charge in [0.1, 0.15) is 0 Å². The molecule has 148 valence electrons. The van der Waals surface area contributed by atoms with Crippen molar-refractivity contribution in [1.29, 1.82) is 0 Å². The predicted octanol–water partition coefficient (Wildman–Crippen LogP) is 3.83. The monoisotopic (exact) mass is 390 g/mol. The molecule has 6 heteroatoms. The Bertz CT molecular complexity index is 1060. The molecule has 0 spiro atoms. The van der Waals surface area contributed by atoms with Gasteiger partial charge in [0.2, 0.25) is 5.91 Å². The number of esters is 1. The molecular formula is C23H22N2O4. The van der Waals surface area contributed by atoms with E-state index in [0.717, 1.165) is 16.3 Å². The van der Waals surface area contributed by atoms with Gasteiger partial charge in [0.25, 0.3) is 5.91 Å². The molecule has 0 unspecified atom stereocenters. The molecule has 2 N–H and O–H groups in total. The summed E-state index contributed by atoms with van der Waals surface area (Å²) in [6.45, 7) is 2.88. The Morgan fingerprint density at radius 3 is 2.48 bits per heavy atom. The molecule has 0 saturated carbocycles. The van der Waals surface area contributed by atoms with Crippen LogP contribution in [-0.4, -0.2) is 24.4 Å². The summed E-state index contributed by atoms with van der Waals surface area (Å²) in [6.07, 6.45) is 0. The number of hydrogen-bond acceptors (Lipinski definition) is 4. The zero-order valence-electron chi connectivity index (χ0n) is 16.3. The number of benzene rings is 3. The first-order chi connectivity index (χ1) is 13.9. The van der Waals surface area contributed by atoms with Crippen LogP contribution in [0, 0.1) is 0 Å². The third-order valence-corrected chi connectivity index (χ3v) is 4.42. The number of carbonyl (C=O) groups excluding carboxylic acids is 3. The van der Waals surface area contributed by atoms with E-state index >= 15 is 0 Å². The van der Waals surface area contributed by atoms with E-state index in [9.17, 15) is 14.4 Å². The smallest absolute Gasteiger partial charge is 0.338 e. The summed E-state index contributed by atoms with van der Waals surface area (Å²) in [5.41, 5.74) is 1.73. The number of amides is 2. The van der Waals surface area contributed by atoms with Gasteiger partial charge in [-0.25, -0.2) is 4.79 Å². The standard InChI is InChI=1S/C23H22N2O4/c1-15(20-12-6-8-17-7-3-4-11-21(17)20)24-22(27)14-29-23(28)18-9-5-10-19(13-18)25-16(2)26/h3-13,15H,14H2,1-2H3,(H,24,27)(H,25,26)/t15-/m1/s1. The Kier molecular flexibility index (Phi) is 6.24. The first-order valence-corrected chi connectivity index (χ1v) is 9.26. The average Bonchev–Trinajstić information content (AvgIpc) is 2.71. The van der Waals surface area contributed by atoms with Crippen molar-refractivity contribution < 1.29 is 19.1 Å². The lowest BCUT2D eigenvalue weighted by Crippen LogP contribution is -2.31. The molecule has 0 aliphatic carbocycles. The van der Waals surface area contributed by atoms with Gasteiger partial charge in [-0.1, -0.05) is 48.5 Å². The van der Waals surface area contributed by atoms with Gasteiger partial charge in [-0.3, -0.25) is 9.59 Å². The number of anilines is 1. The summed E-state index contributed by atoms with van der Waals surface area (Å²) in [5.74, 6) is -1.26. The highest BCUT2D eigenvalue weighted by Gasteiger charge is 2.15. The minimum Gasteiger partial charge on any atom is -0.452 e. The predicted molar refractivity (Wildman–Crippen MR) is 112 cm³/mol. The summed E-state index contributed by atoms with van der Waals surface area (Å²) in [6, 6.07) is 20.0. The van der Waals surface area contributed by atoms with Crippen molar-refractivity contribution in [3.63, 3.8) is 0 Å². The summed E-state index contributed by atoms with van der Waals surface area (Å²) in [5, 5.41) is 7.62. The minimum absolute atomic E-state index is 0.239. The molecule has 0 aromatic heterocycles. The van der Waals surface area contributed by atoms with Crippen molar-refractivity contribution in [3.05, 3.63) is 77.9 Å². The molecule has 0 fully saturated rings. The Morgan fingerprint density at radius 2 is 1.69 bits per heavy atom. The Hall–Kier alpha value is -3.67. The van der Waals surface area contributed by atoms with Crippen LogP contribution in [0.4, 0.5) is 5.69 Å². The lowest BCUT2D eigenvalue weighted by Gasteiger charge is -2.16. The average molecular weight is 390 g/mol. The fraction of sp³-hybridized carbons (Fsp3) is 0.174. The molecule has 1 atom stereocenters. The molecule has 0 bridgehead atoms. The van der Waals surface area contributed by atoms with Gasteiger partial charge in [0, 0.05) is 12.6 Å². The molecule has 2 amide bonds. The molecule has 29 heavy (non-hydrogen) atoms. The molecular weight excluding hydrogens is 368 g/mol. The summed E-state index contributed by atoms with van der Waals surface area (Å²) in [7, 11) is 0. The summed E-state index contributed by atoms with van der Waals surface area (Å²) >= 11 is 0. The highest BCUT2D eigenvalue weighted by Crippen LogP contribution is 2.24. The van der Waals surface area contributed by atoms with Crippen LogP contribution in [0.1, 0.15) is 35.8 Å². The van der Waals surface area contributed by atoms with E-state index < -0.39 is 18.5 Å². The molecule has 0 heterocycles. The van der Waals surface area contributed by atoms with Gasteiger partial charge in [0.15, 0.2) is 6.61 Å². The van der Waals surface area contributed by atoms with Crippen molar-refractivity contribution in [2.45, 2.75) is 19.9 Å². The fourth-order valence-corrected chi connectivity index (χ4v) is 3.13. The molecule has 0 aliphatic rings. The number of nitrogens with one attached hydrogen (secondary N) is 2. The summed E-state index contributed by atoms with van der Waals surface area (Å²) < 4.78 is 5.11. The van der Waals surface area contributed by atoms with E-state index in [1.54, 1.807) is 18.2 Å². The zero-order chi connectivity index (χ0) is 20.8. The third-order valence-electron chi connectivity index (χ3n) is 4.42. The molecule has 0 radical (unpaired) electrons. The van der Waals surface area contributed by atoms with E-state index in [1.165, 1.54) is 13.0 Å². The maximum atomic E-state index is 12.3. The van der Waals surface area contributed by atoms with E-state index in [2.05, 4.69) is 10.6 Å². The second kappa shape index (κ2) is 9.01. The largest absolute Gasteiger partial charge is 0.452 e. The van der Waals surface area contributed by atoms with Crippen LogP contribution < -0.4 is 10.6 Å². The van der Waals surface area contributed by atoms with Crippen LogP contribution in [0.3, 0.4) is 0 Å². The van der Waals surface area contributed by atoms with Crippen LogP contribution >= 0.6 is 0 Å². The summed E-state index contributed by atoms with van der Waals surface area (Å²) in [4.78, 5) is 35.6. The second-order valence-corrected chi connectivity index (χ2v) is 6.70. The van der Waals surface area contributed by atoms with Gasteiger partial charge in [-0.05, 0) is 41.5 Å². The molecule has 3 aromatic rings. The minimum atomic E-state index is -0.634. The van der Waals surface area contributed by atoms with Crippen molar-refractivity contribution in [2.75, 3.05) is 11.9 Å². The topological polar surface area (TPSA) is 84.5 Å². The molecule has 3 aromatic carbocycles. The van der Waals surface area contributed by atoms with Crippen LogP contribution in [0.25, 0.3) is 10.8 Å². The Labute approximate surface area is 168 Å². The van der Waals surface area contributed by atoms with Crippen LogP contribution in [0.15, 0.2) is 66.7 Å². The van der Waals surface area contributed by atoms with Gasteiger partial charge in [-0.15, -0.1) is 0 Å². The molecule has 0 aliphatic heterocycles. The van der Waals surface area contributed by atoms with E-state index in [1.807, 2.05) is 49.4 Å². The van der Waals surface area contributed by atoms with E-state index in [-0.39, 0.29) is 17.5 Å². The number of hydrogen-bond donors (Lipinski definition) is 2. The number of fused-ring (bicyclic) bond motifs is 1. The zero-order valence-corrected chi connectivity index (χ0v) is 16.3. The van der Waals surface area contributed by atoms with Gasteiger partial charge in [-0.2, -0.15) is 0 Å². The maximum Gasteiger partial charge on any atom is 0.338 e. The lowest BCUT2D eigenvalue weighted by atomic mass is 10.00. The van der Waals surface area contributed by atoms with Gasteiger partial charge in [0.05, 0.1) is 11.6 Å². The molecule has 3 rings (SSSR count). The van der Waals surface area contributed by atoms with Crippen molar-refractivity contribution in [2.24, 2.45) is 0 Å². The normalized spacial score (nSPS) is 11.5. The first kappa shape index (κ1) is 20.1. The third kappa shape index (κ3) is 5.19. The SMILES string of the molecule is CC(=O)Nc1cccc(C(=O)OCC(=O)N[C@H](C)c2cccc3ccccc23)c1. The maximum absolute atomic E-state index is 12.3. The quantitative estimate of drug-likeness (QED) is 0.627. The van der Waals surface area contributed by atoms with Crippen LogP contribution in [0.2, 0.25) is 0 Å². The second-order valence-electron chi connectivity index (χ2n) is 6.70. The van der Waals surface area contributed by atoms with Crippen LogP contribution in [0.5, 0.6) is 0 Å². The van der Waals surface area contributed by atoms with Crippen LogP contribution in [-0.2, 0) is 14.3 Å². The van der Waals surface area contributed by atoms with E-state index in [4.69, 9.17) is 4.74 Å². The fourth-order valence-electron chi connectivity index (χ4n) is 3.13. The lowest BCUT2D eigenvalue weighted by molar-refractivity contribution is -0.124. The van der Waals surface area contributed by atoms with Gasteiger partial charge >= 0.3 is 5.97 Å². The Morgan fingerprint density at radius 1 is 0.966 bits per heavy atom.